The van der Waals surface area contributed by atoms with Gasteiger partial charge in [0.1, 0.15) is 0 Å². The highest BCUT2D eigenvalue weighted by Crippen LogP contribution is 2.23. The summed E-state index contributed by atoms with van der Waals surface area (Å²) in [6.07, 6.45) is 5.07. The fraction of sp³-hybridized carbons (Fsp3) is 0.429. The van der Waals surface area contributed by atoms with Crippen LogP contribution in [-0.2, 0) is 0 Å². The summed E-state index contributed by atoms with van der Waals surface area (Å²) in [5.41, 5.74) is 5.24. The molecule has 0 spiro atoms. The van der Waals surface area contributed by atoms with Crippen molar-refractivity contribution in [2.45, 2.75) is 31.7 Å². The number of hydrogen-bond donors (Lipinski definition) is 1. The van der Waals surface area contributed by atoms with Gasteiger partial charge in [0.25, 0.3) is 0 Å². The number of nitrogens with zero attached hydrogens (tertiary/aromatic N) is 2. The first-order valence-electron chi connectivity index (χ1n) is 6.60. The third-order valence-corrected chi connectivity index (χ3v) is 4.57. The summed E-state index contributed by atoms with van der Waals surface area (Å²) in [5, 5.41) is 6.14. The van der Waals surface area contributed by atoms with E-state index in [-0.39, 0.29) is 0 Å². The molecule has 0 saturated heterocycles. The molecule has 1 N–H and O–H groups in total. The van der Waals surface area contributed by atoms with Crippen LogP contribution in [-0.4, -0.2) is 22.7 Å². The zero-order valence-electron chi connectivity index (χ0n) is 10.6. The van der Waals surface area contributed by atoms with Crippen molar-refractivity contribution in [2.75, 3.05) is 5.75 Å². The summed E-state index contributed by atoms with van der Waals surface area (Å²) < 4.78 is 0. The van der Waals surface area contributed by atoms with Crippen molar-refractivity contribution in [1.29, 1.82) is 0 Å². The second-order valence-corrected chi connectivity index (χ2v) is 6.24. The zero-order chi connectivity index (χ0) is 13.1. The van der Waals surface area contributed by atoms with E-state index >= 15 is 0 Å². The molecule has 0 aromatic heterocycles. The Bertz CT molecular complexity index is 504. The standard InChI is InChI=1S/C14H16ClN3S/c15-11-7-5-10(6-8-11)13-9-19-14(18-17-13)16-12-3-1-2-4-12/h5-8,12H,1-4,9H2,(H,16,18). The lowest BCUT2D eigenvalue weighted by atomic mass is 10.1. The van der Waals surface area contributed by atoms with E-state index in [1.54, 1.807) is 11.8 Å². The topological polar surface area (TPSA) is 36.8 Å². The van der Waals surface area contributed by atoms with Crippen molar-refractivity contribution >= 4 is 34.2 Å². The summed E-state index contributed by atoms with van der Waals surface area (Å²) in [7, 11) is 0. The second kappa shape index (κ2) is 5.97. The lowest BCUT2D eigenvalue weighted by Gasteiger charge is -2.16. The number of amidine groups is 1. The molecular weight excluding hydrogens is 278 g/mol. The van der Waals surface area contributed by atoms with Crippen LogP contribution in [0.2, 0.25) is 5.02 Å². The molecule has 0 unspecified atom stereocenters. The van der Waals surface area contributed by atoms with Gasteiger partial charge < -0.3 is 0 Å². The van der Waals surface area contributed by atoms with E-state index in [1.807, 2.05) is 24.3 Å². The molecule has 3 rings (SSSR count). The van der Waals surface area contributed by atoms with Crippen LogP contribution in [0.15, 0.2) is 34.4 Å². The molecule has 0 bridgehead atoms. The van der Waals surface area contributed by atoms with Crippen LogP contribution in [0.5, 0.6) is 0 Å². The predicted octanol–water partition coefficient (Wildman–Crippen LogP) is 3.68. The number of hydrazone groups is 1. The van der Waals surface area contributed by atoms with Crippen LogP contribution in [0, 0.1) is 0 Å². The molecule has 2 aliphatic rings. The largest absolute Gasteiger partial charge is 0.258 e. The molecule has 1 aliphatic carbocycles. The highest BCUT2D eigenvalue weighted by atomic mass is 35.5. The Hall–Kier alpha value is -1.00. The molecule has 100 valence electrons. The molecule has 1 aliphatic heterocycles. The van der Waals surface area contributed by atoms with E-state index in [4.69, 9.17) is 16.6 Å². The molecular formula is C14H16ClN3S. The smallest absolute Gasteiger partial charge is 0.177 e. The van der Waals surface area contributed by atoms with E-state index in [2.05, 4.69) is 10.5 Å². The summed E-state index contributed by atoms with van der Waals surface area (Å²) >= 11 is 7.62. The average molecular weight is 294 g/mol. The highest BCUT2D eigenvalue weighted by Gasteiger charge is 2.17. The van der Waals surface area contributed by atoms with Gasteiger partial charge in [0.15, 0.2) is 5.17 Å². The van der Waals surface area contributed by atoms with Crippen LogP contribution >= 0.6 is 23.4 Å². The van der Waals surface area contributed by atoms with Gasteiger partial charge in [-0.1, -0.05) is 48.3 Å². The molecule has 1 aromatic rings. The predicted molar refractivity (Wildman–Crippen MR) is 83.3 cm³/mol. The number of benzene rings is 1. The molecule has 5 heteroatoms. The van der Waals surface area contributed by atoms with Gasteiger partial charge in [0.05, 0.1) is 11.8 Å². The minimum Gasteiger partial charge on any atom is -0.258 e. The lowest BCUT2D eigenvalue weighted by molar-refractivity contribution is 0.703. The Labute approximate surface area is 122 Å². The second-order valence-electron chi connectivity index (χ2n) is 4.84. The van der Waals surface area contributed by atoms with Gasteiger partial charge in [-0.15, -0.1) is 0 Å². The summed E-state index contributed by atoms with van der Waals surface area (Å²) in [6.45, 7) is 0. The fourth-order valence-electron chi connectivity index (χ4n) is 2.37. The van der Waals surface area contributed by atoms with Gasteiger partial charge >= 0.3 is 0 Å². The quantitative estimate of drug-likeness (QED) is 0.903. The zero-order valence-corrected chi connectivity index (χ0v) is 12.2. The number of rotatable bonds is 2. The fourth-order valence-corrected chi connectivity index (χ4v) is 3.34. The van der Waals surface area contributed by atoms with E-state index in [0.29, 0.717) is 6.04 Å². The van der Waals surface area contributed by atoms with Gasteiger partial charge in [-0.25, -0.2) is 0 Å². The van der Waals surface area contributed by atoms with Gasteiger partial charge in [-0.3, -0.25) is 10.4 Å². The Morgan fingerprint density at radius 1 is 1.21 bits per heavy atom. The minimum atomic E-state index is 0.502. The molecule has 1 fully saturated rings. The summed E-state index contributed by atoms with van der Waals surface area (Å²) in [5.74, 6) is 0.861. The van der Waals surface area contributed by atoms with Crippen molar-refractivity contribution in [3.05, 3.63) is 34.9 Å². The number of nitrogens with one attached hydrogen (secondary N) is 1. The Morgan fingerprint density at radius 3 is 2.58 bits per heavy atom. The third-order valence-electron chi connectivity index (χ3n) is 3.43. The first-order valence-corrected chi connectivity index (χ1v) is 7.97. The number of thioether (sulfide) groups is 1. The number of hydrogen-bond acceptors (Lipinski definition) is 3. The molecule has 3 nitrogen and oxygen atoms in total. The maximum absolute atomic E-state index is 5.89. The number of aliphatic imine (C=N–C) groups is 1. The van der Waals surface area contributed by atoms with Crippen molar-refractivity contribution in [2.24, 2.45) is 10.1 Å². The van der Waals surface area contributed by atoms with Crippen LogP contribution in [0.25, 0.3) is 0 Å². The van der Waals surface area contributed by atoms with Gasteiger partial charge in [-0.2, -0.15) is 5.10 Å². The molecule has 0 radical (unpaired) electrons. The monoisotopic (exact) mass is 293 g/mol. The maximum Gasteiger partial charge on any atom is 0.177 e. The normalized spacial score (nSPS) is 22.4. The molecule has 1 aromatic carbocycles. The van der Waals surface area contributed by atoms with E-state index in [9.17, 15) is 0 Å². The highest BCUT2D eigenvalue weighted by molar-refractivity contribution is 8.14. The first-order chi connectivity index (χ1) is 9.31. The van der Waals surface area contributed by atoms with Crippen molar-refractivity contribution in [3.8, 4) is 0 Å². The van der Waals surface area contributed by atoms with Gasteiger partial charge in [0, 0.05) is 10.8 Å². The van der Waals surface area contributed by atoms with Crippen LogP contribution in [0.1, 0.15) is 31.2 Å². The molecule has 1 saturated carbocycles. The van der Waals surface area contributed by atoms with E-state index in [0.717, 1.165) is 27.2 Å². The van der Waals surface area contributed by atoms with Crippen molar-refractivity contribution in [3.63, 3.8) is 0 Å². The first kappa shape index (κ1) is 13.0. The minimum absolute atomic E-state index is 0.502. The summed E-state index contributed by atoms with van der Waals surface area (Å²) in [6, 6.07) is 8.30. The van der Waals surface area contributed by atoms with E-state index in [1.165, 1.54) is 25.7 Å². The Kier molecular flexibility index (Phi) is 4.09. The molecule has 0 amide bonds. The number of halogens is 1. The molecule has 0 atom stereocenters. The molecule has 19 heavy (non-hydrogen) atoms. The summed E-state index contributed by atoms with van der Waals surface area (Å²) in [4.78, 5) is 4.72. The van der Waals surface area contributed by atoms with Crippen molar-refractivity contribution in [1.82, 2.24) is 5.43 Å². The maximum atomic E-state index is 5.89. The van der Waals surface area contributed by atoms with E-state index < -0.39 is 0 Å². The van der Waals surface area contributed by atoms with Crippen LogP contribution in [0.3, 0.4) is 0 Å². The van der Waals surface area contributed by atoms with Crippen LogP contribution in [0.4, 0.5) is 0 Å². The van der Waals surface area contributed by atoms with Crippen LogP contribution < -0.4 is 5.43 Å². The third kappa shape index (κ3) is 3.31. The lowest BCUT2D eigenvalue weighted by Crippen LogP contribution is -2.26. The Morgan fingerprint density at radius 2 is 1.95 bits per heavy atom. The van der Waals surface area contributed by atoms with Crippen molar-refractivity contribution < 1.29 is 0 Å². The molecule has 1 heterocycles. The van der Waals surface area contributed by atoms with Gasteiger partial charge in [0.2, 0.25) is 0 Å². The average Bonchev–Trinajstić information content (AvgIpc) is 2.94. The Balaban J connectivity index is 1.68. The van der Waals surface area contributed by atoms with Gasteiger partial charge in [-0.05, 0) is 30.5 Å². The SMILES string of the molecule is Clc1ccc(C2=NNC(=NC3CCCC3)SC2)cc1.